The molecule has 0 aliphatic carbocycles. The number of aromatic nitrogens is 2. The molecule has 0 amide bonds. The van der Waals surface area contributed by atoms with Gasteiger partial charge in [-0.25, -0.2) is 9.97 Å². The zero-order chi connectivity index (χ0) is 12.8. The molecule has 2 aromatic rings. The zero-order valence-corrected chi connectivity index (χ0v) is 11.0. The number of hydrogen-bond acceptors (Lipinski definition) is 3. The van der Waals surface area contributed by atoms with E-state index >= 15 is 0 Å². The molecule has 1 aromatic carbocycles. The van der Waals surface area contributed by atoms with Crippen LogP contribution in [0.2, 0.25) is 5.15 Å². The number of nitrogens with zero attached hydrogens (tertiary/aromatic N) is 2. The van der Waals surface area contributed by atoms with Gasteiger partial charge in [0, 0.05) is 12.4 Å². The molecule has 18 heavy (non-hydrogen) atoms. The Kier molecular flexibility index (Phi) is 4.53. The highest BCUT2D eigenvalue weighted by Crippen LogP contribution is 2.24. The van der Waals surface area contributed by atoms with Gasteiger partial charge < -0.3 is 4.74 Å². The van der Waals surface area contributed by atoms with Crippen molar-refractivity contribution in [1.82, 2.24) is 9.97 Å². The summed E-state index contributed by atoms with van der Waals surface area (Å²) in [6, 6.07) is 7.98. The first-order valence-electron chi connectivity index (χ1n) is 6.03. The first-order chi connectivity index (χ1) is 8.79. The first kappa shape index (κ1) is 12.8. The number of halogens is 1. The molecule has 0 aliphatic heterocycles. The molecule has 0 fully saturated rings. The molecule has 1 aromatic heterocycles. The molecular weight excluding hydrogens is 248 g/mol. The molecule has 0 saturated heterocycles. The van der Waals surface area contributed by atoms with Crippen molar-refractivity contribution in [3.63, 3.8) is 0 Å². The van der Waals surface area contributed by atoms with E-state index in [1.54, 1.807) is 6.20 Å². The third-order valence-electron chi connectivity index (χ3n) is 2.58. The van der Waals surface area contributed by atoms with E-state index in [0.29, 0.717) is 5.88 Å². The molecule has 4 heteroatoms. The van der Waals surface area contributed by atoms with E-state index in [1.807, 2.05) is 12.1 Å². The van der Waals surface area contributed by atoms with Crippen molar-refractivity contribution in [1.29, 1.82) is 0 Å². The van der Waals surface area contributed by atoms with Crippen LogP contribution in [0.4, 0.5) is 0 Å². The van der Waals surface area contributed by atoms with Gasteiger partial charge in [-0.1, -0.05) is 37.1 Å². The lowest BCUT2D eigenvalue weighted by molar-refractivity contribution is 0.460. The molecule has 0 spiro atoms. The number of unbranched alkanes of at least 4 members (excludes halogenated alkanes) is 1. The van der Waals surface area contributed by atoms with Gasteiger partial charge in [0.2, 0.25) is 0 Å². The maximum Gasteiger partial charge on any atom is 0.257 e. The molecule has 0 saturated carbocycles. The average molecular weight is 263 g/mol. The third-order valence-corrected chi connectivity index (χ3v) is 2.84. The van der Waals surface area contributed by atoms with Gasteiger partial charge in [-0.2, -0.15) is 0 Å². The van der Waals surface area contributed by atoms with Crippen LogP contribution in [0.15, 0.2) is 36.7 Å². The summed E-state index contributed by atoms with van der Waals surface area (Å²) in [6.07, 6.45) is 6.59. The van der Waals surface area contributed by atoms with Crippen LogP contribution in [-0.2, 0) is 6.42 Å². The van der Waals surface area contributed by atoms with Gasteiger partial charge in [0.15, 0.2) is 5.15 Å². The van der Waals surface area contributed by atoms with Crippen LogP contribution in [0.25, 0.3) is 0 Å². The van der Waals surface area contributed by atoms with Crippen LogP contribution < -0.4 is 4.74 Å². The summed E-state index contributed by atoms with van der Waals surface area (Å²) in [4.78, 5) is 7.94. The summed E-state index contributed by atoms with van der Waals surface area (Å²) in [6.45, 7) is 2.19. The molecule has 0 N–H and O–H groups in total. The quantitative estimate of drug-likeness (QED) is 0.807. The van der Waals surface area contributed by atoms with Gasteiger partial charge >= 0.3 is 0 Å². The normalized spacial score (nSPS) is 10.3. The van der Waals surface area contributed by atoms with Crippen LogP contribution in [-0.4, -0.2) is 9.97 Å². The summed E-state index contributed by atoms with van der Waals surface area (Å²) in [5.74, 6) is 1.05. The molecule has 3 nitrogen and oxygen atoms in total. The molecule has 0 unspecified atom stereocenters. The number of ether oxygens (including phenoxy) is 1. The van der Waals surface area contributed by atoms with E-state index in [4.69, 9.17) is 16.3 Å². The van der Waals surface area contributed by atoms with Crippen molar-refractivity contribution < 1.29 is 4.74 Å². The van der Waals surface area contributed by atoms with Crippen LogP contribution in [0.1, 0.15) is 25.3 Å². The Morgan fingerprint density at radius 2 is 1.83 bits per heavy atom. The van der Waals surface area contributed by atoms with E-state index in [2.05, 4.69) is 29.0 Å². The molecule has 0 atom stereocenters. The van der Waals surface area contributed by atoms with Crippen molar-refractivity contribution in [2.24, 2.45) is 0 Å². The van der Waals surface area contributed by atoms with Crippen LogP contribution in [0, 0.1) is 0 Å². The van der Waals surface area contributed by atoms with E-state index < -0.39 is 0 Å². The third kappa shape index (κ3) is 3.44. The Labute approximate surface area is 112 Å². The van der Waals surface area contributed by atoms with Gasteiger partial charge in [0.25, 0.3) is 5.88 Å². The predicted molar refractivity (Wildman–Crippen MR) is 72.2 cm³/mol. The van der Waals surface area contributed by atoms with E-state index in [0.717, 1.165) is 12.2 Å². The Morgan fingerprint density at radius 1 is 1.11 bits per heavy atom. The summed E-state index contributed by atoms with van der Waals surface area (Å²) >= 11 is 5.88. The minimum Gasteiger partial charge on any atom is -0.436 e. The molecule has 94 valence electrons. The standard InChI is InChI=1S/C14H15ClN2O/c1-2-3-4-11-5-7-12(8-6-11)18-14-13(15)16-9-10-17-14/h5-10H,2-4H2,1H3. The summed E-state index contributed by atoms with van der Waals surface area (Å²) in [7, 11) is 0. The minimum absolute atomic E-state index is 0.271. The van der Waals surface area contributed by atoms with Gasteiger partial charge in [-0.05, 0) is 30.5 Å². The van der Waals surface area contributed by atoms with Gasteiger partial charge in [0.1, 0.15) is 5.75 Å². The highest BCUT2D eigenvalue weighted by molar-refractivity contribution is 6.30. The number of rotatable bonds is 5. The Bertz CT molecular complexity index is 499. The lowest BCUT2D eigenvalue weighted by Crippen LogP contribution is -1.91. The maximum atomic E-state index is 5.88. The van der Waals surface area contributed by atoms with Crippen LogP contribution >= 0.6 is 11.6 Å². The largest absolute Gasteiger partial charge is 0.436 e. The van der Waals surface area contributed by atoms with Crippen molar-refractivity contribution in [3.05, 3.63) is 47.4 Å². The predicted octanol–water partition coefficient (Wildman–Crippen LogP) is 4.26. The van der Waals surface area contributed by atoms with Crippen LogP contribution in [0.3, 0.4) is 0 Å². The van der Waals surface area contributed by atoms with Crippen molar-refractivity contribution in [2.75, 3.05) is 0 Å². The van der Waals surface area contributed by atoms with Crippen molar-refractivity contribution >= 4 is 11.6 Å². The summed E-state index contributed by atoms with van der Waals surface area (Å²) < 4.78 is 5.56. The van der Waals surface area contributed by atoms with E-state index in [1.165, 1.54) is 24.6 Å². The number of benzene rings is 1. The zero-order valence-electron chi connectivity index (χ0n) is 10.3. The minimum atomic E-state index is 0.271. The fourth-order valence-electron chi connectivity index (χ4n) is 1.59. The van der Waals surface area contributed by atoms with Gasteiger partial charge in [-0.3, -0.25) is 0 Å². The molecule has 0 aliphatic rings. The van der Waals surface area contributed by atoms with E-state index in [9.17, 15) is 0 Å². The lowest BCUT2D eigenvalue weighted by Gasteiger charge is -2.06. The number of aryl methyl sites for hydroxylation is 1. The molecule has 0 radical (unpaired) electrons. The first-order valence-corrected chi connectivity index (χ1v) is 6.40. The molecule has 2 rings (SSSR count). The smallest absolute Gasteiger partial charge is 0.257 e. The van der Waals surface area contributed by atoms with Gasteiger partial charge in [0.05, 0.1) is 0 Å². The molecule has 0 bridgehead atoms. The average Bonchev–Trinajstić information content (AvgIpc) is 2.41. The monoisotopic (exact) mass is 262 g/mol. The lowest BCUT2D eigenvalue weighted by atomic mass is 10.1. The van der Waals surface area contributed by atoms with Crippen molar-refractivity contribution in [3.8, 4) is 11.6 Å². The fourth-order valence-corrected chi connectivity index (χ4v) is 1.74. The Morgan fingerprint density at radius 3 is 2.50 bits per heavy atom. The van der Waals surface area contributed by atoms with Crippen LogP contribution in [0.5, 0.6) is 11.6 Å². The highest BCUT2D eigenvalue weighted by Gasteiger charge is 2.04. The highest BCUT2D eigenvalue weighted by atomic mass is 35.5. The second-order valence-electron chi connectivity index (χ2n) is 4.00. The van der Waals surface area contributed by atoms with Crippen molar-refractivity contribution in [2.45, 2.75) is 26.2 Å². The summed E-state index contributed by atoms with van der Waals surface area (Å²) in [5.41, 5.74) is 1.31. The molecular formula is C14H15ClN2O. The molecule has 1 heterocycles. The fraction of sp³-hybridized carbons (Fsp3) is 0.286. The SMILES string of the molecule is CCCCc1ccc(Oc2nccnc2Cl)cc1. The summed E-state index contributed by atoms with van der Waals surface area (Å²) in [5, 5.41) is 0.271. The Balaban J connectivity index is 2.04. The van der Waals surface area contributed by atoms with Gasteiger partial charge in [-0.15, -0.1) is 0 Å². The Hall–Kier alpha value is -1.61. The van der Waals surface area contributed by atoms with E-state index in [-0.39, 0.29) is 5.15 Å². The second-order valence-corrected chi connectivity index (χ2v) is 4.36. The maximum absolute atomic E-state index is 5.88. The second kappa shape index (κ2) is 6.36. The number of hydrogen-bond donors (Lipinski definition) is 0. The topological polar surface area (TPSA) is 35.0 Å².